The molecule has 0 radical (unpaired) electrons. The van der Waals surface area contributed by atoms with Gasteiger partial charge in [0.15, 0.2) is 0 Å². The summed E-state index contributed by atoms with van der Waals surface area (Å²) in [7, 11) is 0. The number of nitrogens with one attached hydrogen (secondary N) is 2. The molecule has 1 aliphatic carbocycles. The van der Waals surface area contributed by atoms with Gasteiger partial charge in [0, 0.05) is 41.8 Å². The second kappa shape index (κ2) is 10.1. The fourth-order valence-electron chi connectivity index (χ4n) is 3.98. The van der Waals surface area contributed by atoms with Crippen molar-refractivity contribution < 1.29 is 19.1 Å². The highest BCUT2D eigenvalue weighted by Gasteiger charge is 2.27. The van der Waals surface area contributed by atoms with Crippen molar-refractivity contribution in [2.45, 2.75) is 52.0 Å². The molecule has 1 aliphatic rings. The van der Waals surface area contributed by atoms with Crippen molar-refractivity contribution in [2.75, 3.05) is 5.32 Å². The van der Waals surface area contributed by atoms with Gasteiger partial charge >= 0.3 is 6.03 Å². The number of phenolic OH excluding ortho intramolecular Hbond substituents is 1. The normalized spacial score (nSPS) is 13.5. The van der Waals surface area contributed by atoms with Crippen LogP contribution in [0.3, 0.4) is 0 Å². The number of aromatic hydroxyl groups is 1. The Hall–Kier alpha value is -3.68. The molecule has 0 bridgehead atoms. The predicted molar refractivity (Wildman–Crippen MR) is 128 cm³/mol. The van der Waals surface area contributed by atoms with Crippen molar-refractivity contribution in [2.24, 2.45) is 5.92 Å². The maximum atomic E-state index is 13.9. The first-order valence-corrected chi connectivity index (χ1v) is 11.6. The third kappa shape index (κ3) is 5.27. The molecule has 1 heterocycles. The fraction of sp³-hybridized carbons (Fsp3) is 0.346. The summed E-state index contributed by atoms with van der Waals surface area (Å²) in [5.41, 5.74) is 2.57. The number of carbonyl (C=O) groups is 2. The molecule has 1 aromatic heterocycles. The molecule has 1 fully saturated rings. The smallest absolute Gasteiger partial charge is 0.342 e. The summed E-state index contributed by atoms with van der Waals surface area (Å²) >= 11 is 0. The number of amides is 2. The molecule has 0 unspecified atom stereocenters. The maximum absolute atomic E-state index is 13.9. The first-order chi connectivity index (χ1) is 16.3. The number of anilines is 1. The molecule has 0 aliphatic heterocycles. The van der Waals surface area contributed by atoms with Crippen molar-refractivity contribution in [3.63, 3.8) is 0 Å². The largest absolute Gasteiger partial charge is 0.507 e. The van der Waals surface area contributed by atoms with Crippen LogP contribution < -0.4 is 10.6 Å². The van der Waals surface area contributed by atoms with Gasteiger partial charge in [0.25, 0.3) is 0 Å². The van der Waals surface area contributed by atoms with Crippen LogP contribution in [0.2, 0.25) is 0 Å². The first kappa shape index (κ1) is 23.5. The highest BCUT2D eigenvalue weighted by Crippen LogP contribution is 2.39. The van der Waals surface area contributed by atoms with Gasteiger partial charge in [0.2, 0.25) is 5.91 Å². The van der Waals surface area contributed by atoms with Crippen LogP contribution in [0.25, 0.3) is 11.3 Å². The van der Waals surface area contributed by atoms with E-state index in [4.69, 9.17) is 0 Å². The van der Waals surface area contributed by atoms with Crippen LogP contribution >= 0.6 is 0 Å². The average molecular weight is 465 g/mol. The van der Waals surface area contributed by atoms with Gasteiger partial charge in [-0.05, 0) is 43.0 Å². The number of hydrogen-bond acceptors (Lipinski definition) is 4. The highest BCUT2D eigenvalue weighted by molar-refractivity contribution is 5.91. The Labute approximate surface area is 198 Å². The number of rotatable bonds is 7. The number of halogens is 1. The van der Waals surface area contributed by atoms with Gasteiger partial charge < -0.3 is 15.7 Å². The number of nitrogens with zero attached hydrogens (tertiary/aromatic N) is 2. The summed E-state index contributed by atoms with van der Waals surface area (Å²) in [6.07, 6.45) is 3.38. The third-order valence-corrected chi connectivity index (χ3v) is 5.99. The number of aromatic nitrogens is 2. The van der Waals surface area contributed by atoms with E-state index in [1.165, 1.54) is 16.8 Å². The SMILES string of the molecule is CC(C)CC(=O)Nc1ccc(-c2cc(C3CCC3)n(C(=O)NCc3ccccc3F)n2)c(O)c1. The lowest BCUT2D eigenvalue weighted by molar-refractivity contribution is -0.116. The molecule has 2 amide bonds. The lowest BCUT2D eigenvalue weighted by Gasteiger charge is -2.25. The van der Waals surface area contributed by atoms with Crippen molar-refractivity contribution in [3.8, 4) is 17.0 Å². The van der Waals surface area contributed by atoms with Crippen molar-refractivity contribution in [1.82, 2.24) is 15.1 Å². The van der Waals surface area contributed by atoms with Crippen LogP contribution in [-0.2, 0) is 11.3 Å². The van der Waals surface area contributed by atoms with Crippen molar-refractivity contribution >= 4 is 17.6 Å². The Morgan fingerprint density at radius 1 is 1.18 bits per heavy atom. The topological polar surface area (TPSA) is 96.3 Å². The van der Waals surface area contributed by atoms with E-state index in [0.717, 1.165) is 25.0 Å². The minimum atomic E-state index is -0.450. The molecule has 178 valence electrons. The minimum absolute atomic E-state index is 0.0425. The van der Waals surface area contributed by atoms with E-state index in [-0.39, 0.29) is 35.9 Å². The van der Waals surface area contributed by atoms with E-state index in [9.17, 15) is 19.1 Å². The summed E-state index contributed by atoms with van der Waals surface area (Å²) in [6.45, 7) is 3.96. The zero-order valence-electron chi connectivity index (χ0n) is 19.3. The van der Waals surface area contributed by atoms with Gasteiger partial charge in [-0.25, -0.2) is 9.18 Å². The number of benzene rings is 2. The summed E-state index contributed by atoms with van der Waals surface area (Å²) < 4.78 is 15.2. The van der Waals surface area contributed by atoms with Gasteiger partial charge in [0.1, 0.15) is 11.6 Å². The van der Waals surface area contributed by atoms with E-state index < -0.39 is 6.03 Å². The average Bonchev–Trinajstić information content (AvgIpc) is 3.15. The zero-order valence-corrected chi connectivity index (χ0v) is 19.3. The zero-order chi connectivity index (χ0) is 24.2. The van der Waals surface area contributed by atoms with E-state index in [0.29, 0.717) is 28.9 Å². The Morgan fingerprint density at radius 2 is 1.94 bits per heavy atom. The van der Waals surface area contributed by atoms with Gasteiger partial charge in [0.05, 0.1) is 11.4 Å². The van der Waals surface area contributed by atoms with Gasteiger partial charge in [-0.1, -0.05) is 38.5 Å². The fourth-order valence-corrected chi connectivity index (χ4v) is 3.98. The molecule has 34 heavy (non-hydrogen) atoms. The molecule has 7 nitrogen and oxygen atoms in total. The Balaban J connectivity index is 1.55. The molecule has 3 aromatic rings. The molecule has 3 N–H and O–H groups in total. The quantitative estimate of drug-likeness (QED) is 0.436. The van der Waals surface area contributed by atoms with Crippen LogP contribution in [0.4, 0.5) is 14.9 Å². The minimum Gasteiger partial charge on any atom is -0.507 e. The van der Waals surface area contributed by atoms with Crippen LogP contribution in [-0.4, -0.2) is 26.8 Å². The molecular weight excluding hydrogens is 435 g/mol. The van der Waals surface area contributed by atoms with Gasteiger partial charge in [-0.3, -0.25) is 4.79 Å². The maximum Gasteiger partial charge on any atom is 0.342 e. The number of phenols is 1. The second-order valence-electron chi connectivity index (χ2n) is 9.12. The van der Waals surface area contributed by atoms with Gasteiger partial charge in [-0.15, -0.1) is 0 Å². The Kier molecular flexibility index (Phi) is 6.95. The van der Waals surface area contributed by atoms with Crippen molar-refractivity contribution in [3.05, 3.63) is 65.6 Å². The van der Waals surface area contributed by atoms with Crippen LogP contribution in [0.15, 0.2) is 48.5 Å². The Bertz CT molecular complexity index is 1200. The molecule has 1 saturated carbocycles. The van der Waals surface area contributed by atoms with E-state index >= 15 is 0 Å². The summed E-state index contributed by atoms with van der Waals surface area (Å²) in [5, 5.41) is 20.6. The number of carbonyl (C=O) groups excluding carboxylic acids is 2. The van der Waals surface area contributed by atoms with Gasteiger partial charge in [-0.2, -0.15) is 9.78 Å². The standard InChI is InChI=1S/C26H29FN4O3/c1-16(2)12-25(33)29-19-10-11-20(24(32)13-19)22-14-23(17-7-5-8-17)31(30-22)26(34)28-15-18-6-3-4-9-21(18)27/h3-4,6,9-11,13-14,16-17,32H,5,7-8,12,15H2,1-2H3,(H,28,34)(H,29,33). The molecule has 4 rings (SSSR count). The second-order valence-corrected chi connectivity index (χ2v) is 9.12. The lowest BCUT2D eigenvalue weighted by Crippen LogP contribution is -2.31. The molecule has 0 saturated heterocycles. The van der Waals surface area contributed by atoms with Crippen LogP contribution in [0.1, 0.15) is 56.7 Å². The first-order valence-electron chi connectivity index (χ1n) is 11.6. The monoisotopic (exact) mass is 464 g/mol. The van der Waals surface area contributed by atoms with Crippen LogP contribution in [0, 0.1) is 11.7 Å². The van der Waals surface area contributed by atoms with E-state index in [1.807, 2.05) is 19.9 Å². The summed E-state index contributed by atoms with van der Waals surface area (Å²) in [4.78, 5) is 25.0. The summed E-state index contributed by atoms with van der Waals surface area (Å²) in [5.74, 6) is -0.110. The molecule has 2 aromatic carbocycles. The molecule has 0 spiro atoms. The third-order valence-electron chi connectivity index (χ3n) is 5.99. The predicted octanol–water partition coefficient (Wildman–Crippen LogP) is 5.40. The van der Waals surface area contributed by atoms with E-state index in [2.05, 4.69) is 15.7 Å². The number of hydrogen-bond donors (Lipinski definition) is 3. The molecule has 8 heteroatoms. The Morgan fingerprint density at radius 3 is 2.59 bits per heavy atom. The summed E-state index contributed by atoms with van der Waals surface area (Å²) in [6, 6.07) is 12.5. The highest BCUT2D eigenvalue weighted by atomic mass is 19.1. The molecule has 0 atom stereocenters. The van der Waals surface area contributed by atoms with E-state index in [1.54, 1.807) is 30.3 Å². The van der Waals surface area contributed by atoms with Crippen molar-refractivity contribution in [1.29, 1.82) is 0 Å². The van der Waals surface area contributed by atoms with Crippen LogP contribution in [0.5, 0.6) is 5.75 Å². The molecular formula is C26H29FN4O3. The lowest BCUT2D eigenvalue weighted by atomic mass is 9.82.